The molecule has 0 radical (unpaired) electrons. The molecule has 8 heteroatoms. The minimum absolute atomic E-state index is 0.0780. The van der Waals surface area contributed by atoms with E-state index in [2.05, 4.69) is 22.3 Å². The molecule has 0 aromatic heterocycles. The molecule has 1 saturated heterocycles. The number of nitrogens with one attached hydrogen (secondary N) is 1. The Morgan fingerprint density at radius 3 is 2.29 bits per heavy atom. The SMILES string of the molecule is COc1ccc(CC(=O)NCCS(=O)(=O)N2CCN(CCc3ccccc3)CC2)cc1. The zero-order chi connectivity index (χ0) is 22.1. The molecule has 1 fully saturated rings. The predicted octanol–water partition coefficient (Wildman–Crippen LogP) is 1.54. The minimum atomic E-state index is -3.38. The number of rotatable bonds is 10. The minimum Gasteiger partial charge on any atom is -0.497 e. The van der Waals surface area contributed by atoms with E-state index in [1.807, 2.05) is 30.3 Å². The highest BCUT2D eigenvalue weighted by molar-refractivity contribution is 7.89. The van der Waals surface area contributed by atoms with Crippen molar-refractivity contribution in [3.8, 4) is 5.75 Å². The number of hydrogen-bond donors (Lipinski definition) is 1. The van der Waals surface area contributed by atoms with Crippen LogP contribution in [0.5, 0.6) is 5.75 Å². The summed E-state index contributed by atoms with van der Waals surface area (Å²) in [5, 5.41) is 2.72. The first kappa shape index (κ1) is 23.2. The van der Waals surface area contributed by atoms with Crippen LogP contribution in [-0.4, -0.2) is 75.7 Å². The van der Waals surface area contributed by atoms with Crippen LogP contribution in [0.3, 0.4) is 0 Å². The third-order valence-corrected chi connectivity index (χ3v) is 7.36. The molecule has 0 spiro atoms. The molecule has 1 heterocycles. The van der Waals surface area contributed by atoms with Crippen LogP contribution in [-0.2, 0) is 27.7 Å². The Labute approximate surface area is 185 Å². The Bertz CT molecular complexity index is 925. The van der Waals surface area contributed by atoms with Gasteiger partial charge in [-0.05, 0) is 29.7 Å². The summed E-state index contributed by atoms with van der Waals surface area (Å²) < 4.78 is 31.9. The molecule has 168 valence electrons. The van der Waals surface area contributed by atoms with E-state index in [1.54, 1.807) is 23.5 Å². The largest absolute Gasteiger partial charge is 0.497 e. The number of carbonyl (C=O) groups excluding carboxylic acids is 1. The van der Waals surface area contributed by atoms with Crippen molar-refractivity contribution < 1.29 is 17.9 Å². The van der Waals surface area contributed by atoms with Gasteiger partial charge in [0.25, 0.3) is 0 Å². The Hall–Kier alpha value is -2.42. The Balaban J connectivity index is 1.36. The Kier molecular flexibility index (Phi) is 8.45. The molecule has 31 heavy (non-hydrogen) atoms. The third-order valence-electron chi connectivity index (χ3n) is 5.49. The number of ether oxygens (including phenoxy) is 1. The van der Waals surface area contributed by atoms with Gasteiger partial charge >= 0.3 is 0 Å². The molecule has 0 saturated carbocycles. The van der Waals surface area contributed by atoms with Gasteiger partial charge in [0.1, 0.15) is 5.75 Å². The van der Waals surface area contributed by atoms with Crippen LogP contribution in [0.15, 0.2) is 54.6 Å². The van der Waals surface area contributed by atoms with Gasteiger partial charge in [-0.25, -0.2) is 8.42 Å². The smallest absolute Gasteiger partial charge is 0.224 e. The lowest BCUT2D eigenvalue weighted by atomic mass is 10.1. The molecular formula is C23H31N3O4S. The zero-order valence-electron chi connectivity index (χ0n) is 18.0. The first-order valence-electron chi connectivity index (χ1n) is 10.6. The first-order valence-corrected chi connectivity index (χ1v) is 12.2. The lowest BCUT2D eigenvalue weighted by Crippen LogP contribution is -2.50. The van der Waals surface area contributed by atoms with Gasteiger partial charge in [-0.3, -0.25) is 4.79 Å². The van der Waals surface area contributed by atoms with Gasteiger partial charge in [0.2, 0.25) is 15.9 Å². The fourth-order valence-corrected chi connectivity index (χ4v) is 4.94. The average molecular weight is 446 g/mol. The van der Waals surface area contributed by atoms with E-state index < -0.39 is 10.0 Å². The maximum atomic E-state index is 12.6. The maximum absolute atomic E-state index is 12.6. The lowest BCUT2D eigenvalue weighted by Gasteiger charge is -2.34. The summed E-state index contributed by atoms with van der Waals surface area (Å²) in [6.45, 7) is 3.50. The predicted molar refractivity (Wildman–Crippen MR) is 122 cm³/mol. The highest BCUT2D eigenvalue weighted by Gasteiger charge is 2.26. The monoisotopic (exact) mass is 445 g/mol. The van der Waals surface area contributed by atoms with Crippen LogP contribution in [0.1, 0.15) is 11.1 Å². The number of benzene rings is 2. The van der Waals surface area contributed by atoms with E-state index in [4.69, 9.17) is 4.74 Å². The second kappa shape index (κ2) is 11.3. The van der Waals surface area contributed by atoms with Gasteiger partial charge in [0.05, 0.1) is 19.3 Å². The molecule has 7 nitrogen and oxygen atoms in total. The summed E-state index contributed by atoms with van der Waals surface area (Å²) in [7, 11) is -1.79. The first-order chi connectivity index (χ1) is 15.0. The van der Waals surface area contributed by atoms with Crippen molar-refractivity contribution in [2.45, 2.75) is 12.8 Å². The number of hydrogen-bond acceptors (Lipinski definition) is 5. The van der Waals surface area contributed by atoms with Crippen LogP contribution in [0.4, 0.5) is 0 Å². The molecule has 0 bridgehead atoms. The van der Waals surface area contributed by atoms with E-state index in [9.17, 15) is 13.2 Å². The van der Waals surface area contributed by atoms with Gasteiger partial charge in [-0.2, -0.15) is 4.31 Å². The molecule has 1 aliphatic rings. The quantitative estimate of drug-likeness (QED) is 0.600. The van der Waals surface area contributed by atoms with Crippen molar-refractivity contribution in [1.82, 2.24) is 14.5 Å². The molecule has 1 aliphatic heterocycles. The van der Waals surface area contributed by atoms with Crippen LogP contribution < -0.4 is 10.1 Å². The van der Waals surface area contributed by atoms with E-state index >= 15 is 0 Å². The summed E-state index contributed by atoms with van der Waals surface area (Å²) in [6.07, 6.45) is 1.18. The van der Waals surface area contributed by atoms with Gasteiger partial charge < -0.3 is 15.0 Å². The standard InChI is InChI=1S/C23H31N3O4S/c1-30-22-9-7-21(8-10-22)19-23(27)24-12-18-31(28,29)26-16-14-25(15-17-26)13-11-20-5-3-2-4-6-20/h2-10H,11-19H2,1H3,(H,24,27). The summed E-state index contributed by atoms with van der Waals surface area (Å²) in [5.41, 5.74) is 2.15. The van der Waals surface area contributed by atoms with Crippen molar-refractivity contribution in [3.05, 3.63) is 65.7 Å². The summed E-state index contributed by atoms with van der Waals surface area (Å²) >= 11 is 0. The molecule has 1 amide bonds. The van der Waals surface area contributed by atoms with Crippen molar-refractivity contribution in [2.75, 3.05) is 52.1 Å². The molecule has 0 atom stereocenters. The normalized spacial score (nSPS) is 15.5. The van der Waals surface area contributed by atoms with Crippen LogP contribution in [0, 0.1) is 0 Å². The van der Waals surface area contributed by atoms with E-state index in [0.717, 1.165) is 37.4 Å². The van der Waals surface area contributed by atoms with Crippen molar-refractivity contribution in [2.24, 2.45) is 0 Å². The second-order valence-electron chi connectivity index (χ2n) is 7.67. The van der Waals surface area contributed by atoms with E-state index in [-0.39, 0.29) is 24.6 Å². The number of nitrogens with zero attached hydrogens (tertiary/aromatic N) is 2. The van der Waals surface area contributed by atoms with Crippen LogP contribution in [0.25, 0.3) is 0 Å². The highest BCUT2D eigenvalue weighted by atomic mass is 32.2. The number of amides is 1. The van der Waals surface area contributed by atoms with Crippen LogP contribution in [0.2, 0.25) is 0 Å². The highest BCUT2D eigenvalue weighted by Crippen LogP contribution is 2.12. The van der Waals surface area contributed by atoms with E-state index in [1.165, 1.54) is 5.56 Å². The fourth-order valence-electron chi connectivity index (χ4n) is 3.60. The molecule has 2 aromatic carbocycles. The van der Waals surface area contributed by atoms with Gasteiger partial charge in [0, 0.05) is 39.3 Å². The topological polar surface area (TPSA) is 78.9 Å². The second-order valence-corrected chi connectivity index (χ2v) is 9.76. The Morgan fingerprint density at radius 1 is 0.968 bits per heavy atom. The molecule has 0 unspecified atom stereocenters. The molecule has 1 N–H and O–H groups in total. The fraction of sp³-hybridized carbons (Fsp3) is 0.435. The van der Waals surface area contributed by atoms with Gasteiger partial charge in [-0.15, -0.1) is 0 Å². The summed E-state index contributed by atoms with van der Waals surface area (Å²) in [6, 6.07) is 17.6. The summed E-state index contributed by atoms with van der Waals surface area (Å²) in [4.78, 5) is 14.4. The van der Waals surface area contributed by atoms with E-state index in [0.29, 0.717) is 13.1 Å². The average Bonchev–Trinajstić information content (AvgIpc) is 2.79. The Morgan fingerprint density at radius 2 is 1.65 bits per heavy atom. The van der Waals surface area contributed by atoms with Crippen molar-refractivity contribution >= 4 is 15.9 Å². The third kappa shape index (κ3) is 7.34. The molecule has 2 aromatic rings. The number of sulfonamides is 1. The number of carbonyl (C=O) groups is 1. The summed E-state index contributed by atoms with van der Waals surface area (Å²) in [5.74, 6) is 0.465. The van der Waals surface area contributed by atoms with Crippen LogP contribution >= 0.6 is 0 Å². The van der Waals surface area contributed by atoms with Gasteiger partial charge in [-0.1, -0.05) is 42.5 Å². The molecular weight excluding hydrogens is 414 g/mol. The van der Waals surface area contributed by atoms with Crippen molar-refractivity contribution in [1.29, 1.82) is 0 Å². The molecule has 0 aliphatic carbocycles. The maximum Gasteiger partial charge on any atom is 0.224 e. The lowest BCUT2D eigenvalue weighted by molar-refractivity contribution is -0.120. The number of piperazine rings is 1. The zero-order valence-corrected chi connectivity index (χ0v) is 18.8. The van der Waals surface area contributed by atoms with Gasteiger partial charge in [0.15, 0.2) is 0 Å². The molecule has 3 rings (SSSR count). The number of methoxy groups -OCH3 is 1. The van der Waals surface area contributed by atoms with Crippen molar-refractivity contribution in [3.63, 3.8) is 0 Å².